The molecule has 8 nitrogen and oxygen atoms in total. The second-order valence-electron chi connectivity index (χ2n) is 7.10. The molecule has 0 aliphatic carbocycles. The van der Waals surface area contributed by atoms with Crippen molar-refractivity contribution in [3.05, 3.63) is 60.1 Å². The largest absolute Gasteiger partial charge is 0.361 e. The number of imidazole rings is 1. The van der Waals surface area contributed by atoms with Gasteiger partial charge in [-0.25, -0.2) is 9.97 Å². The Kier molecular flexibility index (Phi) is 3.71. The maximum absolute atomic E-state index is 4.93. The predicted molar refractivity (Wildman–Crippen MR) is 106 cm³/mol. The highest BCUT2D eigenvalue weighted by molar-refractivity contribution is 5.64. The molecule has 1 aliphatic rings. The summed E-state index contributed by atoms with van der Waals surface area (Å²) >= 11 is 0. The first-order valence-electron chi connectivity index (χ1n) is 9.29. The quantitative estimate of drug-likeness (QED) is 0.594. The van der Waals surface area contributed by atoms with E-state index in [1.807, 2.05) is 48.0 Å². The van der Waals surface area contributed by atoms with E-state index < -0.39 is 0 Å². The molecule has 140 valence electrons. The van der Waals surface area contributed by atoms with Gasteiger partial charge in [-0.3, -0.25) is 9.13 Å². The van der Waals surface area contributed by atoms with Crippen molar-refractivity contribution in [2.75, 3.05) is 5.32 Å². The van der Waals surface area contributed by atoms with Crippen molar-refractivity contribution in [3.8, 4) is 23.0 Å². The van der Waals surface area contributed by atoms with Crippen LogP contribution in [0.2, 0.25) is 0 Å². The Hall–Kier alpha value is -3.55. The fraction of sp³-hybridized carbons (Fsp3) is 0.250. The third kappa shape index (κ3) is 2.49. The van der Waals surface area contributed by atoms with Gasteiger partial charge in [0.25, 0.3) is 0 Å². The van der Waals surface area contributed by atoms with Gasteiger partial charge in [-0.15, -0.1) is 10.2 Å². The van der Waals surface area contributed by atoms with Crippen molar-refractivity contribution in [2.24, 2.45) is 0 Å². The third-order valence-corrected chi connectivity index (χ3v) is 4.86. The molecule has 8 heteroatoms. The zero-order valence-electron chi connectivity index (χ0n) is 16.0. The summed E-state index contributed by atoms with van der Waals surface area (Å²) in [5.41, 5.74) is 2.90. The Morgan fingerprint density at radius 2 is 1.89 bits per heavy atom. The molecule has 0 spiro atoms. The number of fused-ring (bicyclic) bond motifs is 3. The lowest BCUT2D eigenvalue weighted by Crippen LogP contribution is -2.22. The fourth-order valence-electron chi connectivity index (χ4n) is 3.55. The number of aromatic nitrogens is 7. The lowest BCUT2D eigenvalue weighted by Gasteiger charge is -2.24. The van der Waals surface area contributed by atoms with Crippen LogP contribution in [0, 0.1) is 6.92 Å². The zero-order valence-corrected chi connectivity index (χ0v) is 16.0. The molecule has 0 atom stereocenters. The summed E-state index contributed by atoms with van der Waals surface area (Å²) < 4.78 is 3.98. The van der Waals surface area contributed by atoms with Gasteiger partial charge in [-0.05, 0) is 12.8 Å². The van der Waals surface area contributed by atoms with Crippen molar-refractivity contribution >= 4 is 5.82 Å². The summed E-state index contributed by atoms with van der Waals surface area (Å²) in [7, 11) is 0. The summed E-state index contributed by atoms with van der Waals surface area (Å²) in [5.74, 6) is 4.11. The first kappa shape index (κ1) is 16.6. The second-order valence-corrected chi connectivity index (χ2v) is 7.10. The van der Waals surface area contributed by atoms with E-state index in [4.69, 9.17) is 9.97 Å². The summed E-state index contributed by atoms with van der Waals surface area (Å²) in [5, 5.41) is 11.9. The standard InChI is InChI=1S/C20H20N8/c1-12(2)16-17-18(22-11-15-26-25-13(3)28(15)17)24-20(23-16)27-10-9-21-19(27)14-7-5-4-6-8-14/h4-10,12H,11H2,1-3H3,(H,22,23,24). The molecule has 0 saturated heterocycles. The van der Waals surface area contributed by atoms with E-state index in [1.165, 1.54) is 0 Å². The van der Waals surface area contributed by atoms with Crippen LogP contribution in [0.4, 0.5) is 5.82 Å². The van der Waals surface area contributed by atoms with Crippen molar-refractivity contribution in [2.45, 2.75) is 33.2 Å². The number of nitrogens with one attached hydrogen (secondary N) is 1. The van der Waals surface area contributed by atoms with Crippen LogP contribution in [0.25, 0.3) is 23.0 Å². The molecule has 0 saturated carbocycles. The minimum absolute atomic E-state index is 0.203. The molecule has 0 unspecified atom stereocenters. The molecule has 1 N–H and O–H groups in total. The minimum Gasteiger partial charge on any atom is -0.361 e. The smallest absolute Gasteiger partial charge is 0.237 e. The molecular formula is C20H20N8. The van der Waals surface area contributed by atoms with Crippen molar-refractivity contribution < 1.29 is 0 Å². The van der Waals surface area contributed by atoms with Crippen LogP contribution in [0.15, 0.2) is 42.7 Å². The zero-order chi connectivity index (χ0) is 19.3. The van der Waals surface area contributed by atoms with Gasteiger partial charge in [0, 0.05) is 18.0 Å². The molecule has 1 aromatic carbocycles. The Balaban J connectivity index is 1.72. The van der Waals surface area contributed by atoms with Gasteiger partial charge in [0.1, 0.15) is 17.3 Å². The van der Waals surface area contributed by atoms with Gasteiger partial charge >= 0.3 is 0 Å². The van der Waals surface area contributed by atoms with Crippen LogP contribution in [-0.4, -0.2) is 34.3 Å². The molecule has 0 fully saturated rings. The lowest BCUT2D eigenvalue weighted by molar-refractivity contribution is 0.743. The van der Waals surface area contributed by atoms with Crippen molar-refractivity contribution in [1.29, 1.82) is 0 Å². The highest BCUT2D eigenvalue weighted by Gasteiger charge is 2.27. The van der Waals surface area contributed by atoms with E-state index in [2.05, 4.69) is 38.9 Å². The highest BCUT2D eigenvalue weighted by atomic mass is 15.3. The predicted octanol–water partition coefficient (Wildman–Crippen LogP) is 3.27. The summed E-state index contributed by atoms with van der Waals surface area (Å²) in [6.45, 7) is 6.79. The van der Waals surface area contributed by atoms with Crippen LogP contribution < -0.4 is 5.32 Å². The highest BCUT2D eigenvalue weighted by Crippen LogP contribution is 2.33. The Bertz CT molecular complexity index is 1160. The fourth-order valence-corrected chi connectivity index (χ4v) is 3.55. The molecular weight excluding hydrogens is 352 g/mol. The van der Waals surface area contributed by atoms with E-state index in [0.717, 1.165) is 40.2 Å². The molecule has 5 rings (SSSR count). The number of benzene rings is 1. The number of rotatable bonds is 3. The average molecular weight is 372 g/mol. The van der Waals surface area contributed by atoms with Crippen LogP contribution in [0.5, 0.6) is 0 Å². The van der Waals surface area contributed by atoms with Gasteiger partial charge in [0.05, 0.1) is 12.2 Å². The topological polar surface area (TPSA) is 86.3 Å². The number of hydrogen-bond donors (Lipinski definition) is 1. The summed E-state index contributed by atoms with van der Waals surface area (Å²) in [6, 6.07) is 10.1. The van der Waals surface area contributed by atoms with E-state index >= 15 is 0 Å². The molecule has 4 aromatic rings. The molecule has 28 heavy (non-hydrogen) atoms. The van der Waals surface area contributed by atoms with Gasteiger partial charge in [0.15, 0.2) is 11.6 Å². The molecule has 0 bridgehead atoms. The minimum atomic E-state index is 0.203. The van der Waals surface area contributed by atoms with E-state index in [0.29, 0.717) is 12.5 Å². The molecule has 4 heterocycles. The van der Waals surface area contributed by atoms with Gasteiger partial charge in [-0.1, -0.05) is 44.2 Å². The molecule has 0 amide bonds. The first-order chi connectivity index (χ1) is 13.6. The van der Waals surface area contributed by atoms with Crippen LogP contribution in [0.3, 0.4) is 0 Å². The number of aryl methyl sites for hydroxylation is 1. The second kappa shape index (κ2) is 6.26. The Morgan fingerprint density at radius 3 is 2.68 bits per heavy atom. The maximum atomic E-state index is 4.93. The number of anilines is 1. The average Bonchev–Trinajstić information content (AvgIpc) is 3.35. The normalized spacial score (nSPS) is 12.6. The van der Waals surface area contributed by atoms with Gasteiger partial charge in [-0.2, -0.15) is 4.98 Å². The first-order valence-corrected chi connectivity index (χ1v) is 9.29. The van der Waals surface area contributed by atoms with Crippen molar-refractivity contribution in [3.63, 3.8) is 0 Å². The third-order valence-electron chi connectivity index (χ3n) is 4.86. The summed E-state index contributed by atoms with van der Waals surface area (Å²) in [6.07, 6.45) is 3.67. The number of hydrogen-bond acceptors (Lipinski definition) is 6. The van der Waals surface area contributed by atoms with Crippen LogP contribution >= 0.6 is 0 Å². The van der Waals surface area contributed by atoms with E-state index in [1.54, 1.807) is 6.20 Å². The van der Waals surface area contributed by atoms with Gasteiger partial charge < -0.3 is 5.32 Å². The maximum Gasteiger partial charge on any atom is 0.237 e. The monoisotopic (exact) mass is 372 g/mol. The van der Waals surface area contributed by atoms with Crippen LogP contribution in [0.1, 0.15) is 37.1 Å². The SMILES string of the molecule is Cc1nnc2n1-c1c(nc(-n3ccnc3-c3ccccc3)nc1C(C)C)NC2. The molecule has 0 radical (unpaired) electrons. The van der Waals surface area contributed by atoms with E-state index in [-0.39, 0.29) is 5.92 Å². The molecule has 1 aliphatic heterocycles. The molecule has 3 aromatic heterocycles. The van der Waals surface area contributed by atoms with E-state index in [9.17, 15) is 0 Å². The Labute approximate surface area is 162 Å². The Morgan fingerprint density at radius 1 is 1.07 bits per heavy atom. The van der Waals surface area contributed by atoms with Gasteiger partial charge in [0.2, 0.25) is 5.95 Å². The van der Waals surface area contributed by atoms with Crippen molar-refractivity contribution in [1.82, 2.24) is 34.3 Å². The van der Waals surface area contributed by atoms with Crippen LogP contribution in [-0.2, 0) is 6.54 Å². The lowest BCUT2D eigenvalue weighted by atomic mass is 10.1. The summed E-state index contributed by atoms with van der Waals surface area (Å²) in [4.78, 5) is 14.3. The number of nitrogens with zero attached hydrogens (tertiary/aromatic N) is 7.